The van der Waals surface area contributed by atoms with Gasteiger partial charge >= 0.3 is 6.18 Å². The minimum Gasteiger partial charge on any atom is -0.492 e. The highest BCUT2D eigenvalue weighted by molar-refractivity contribution is 7.89. The van der Waals surface area contributed by atoms with Crippen LogP contribution in [0.1, 0.15) is 5.56 Å². The summed E-state index contributed by atoms with van der Waals surface area (Å²) in [6, 6.07) is 6.24. The minimum absolute atomic E-state index is 0.0911. The van der Waals surface area contributed by atoms with E-state index < -0.39 is 32.5 Å². The van der Waals surface area contributed by atoms with Gasteiger partial charge in [-0.1, -0.05) is 0 Å². The molecule has 27 heavy (non-hydrogen) atoms. The second-order valence-corrected chi connectivity index (χ2v) is 7.17. The van der Waals surface area contributed by atoms with E-state index in [4.69, 9.17) is 14.2 Å². The molecule has 1 aliphatic heterocycles. The molecule has 1 aliphatic rings. The average molecular weight is 407 g/mol. The lowest BCUT2D eigenvalue weighted by atomic mass is 10.2. The molecule has 6 nitrogen and oxygen atoms in total. The van der Waals surface area contributed by atoms with Crippen LogP contribution >= 0.6 is 0 Å². The second kappa shape index (κ2) is 7.24. The van der Waals surface area contributed by atoms with Crippen molar-refractivity contribution in [3.63, 3.8) is 0 Å². The molecule has 11 heteroatoms. The molecule has 1 N–H and O–H groups in total. The summed E-state index contributed by atoms with van der Waals surface area (Å²) in [6.45, 7) is -0.210. The number of benzene rings is 2. The Balaban J connectivity index is 1.60. The van der Waals surface area contributed by atoms with E-state index in [2.05, 4.69) is 4.72 Å². The number of sulfonamides is 1. The zero-order chi connectivity index (χ0) is 19.7. The lowest BCUT2D eigenvalue weighted by molar-refractivity contribution is -0.140. The van der Waals surface area contributed by atoms with Gasteiger partial charge in [-0.05, 0) is 30.3 Å². The first-order valence-electron chi connectivity index (χ1n) is 7.56. The van der Waals surface area contributed by atoms with Crippen molar-refractivity contribution in [2.75, 3.05) is 19.9 Å². The molecule has 0 saturated heterocycles. The monoisotopic (exact) mass is 407 g/mol. The predicted octanol–water partition coefficient (Wildman–Crippen LogP) is 2.93. The summed E-state index contributed by atoms with van der Waals surface area (Å²) < 4.78 is 93.4. The standard InChI is InChI=1S/C16H13F4NO5S/c17-13-3-2-11(8-12(13)16(18,19)20)27(22,23)21-5-6-24-10-1-4-14-15(7-10)26-9-25-14/h1-4,7-8,21H,5-6,9H2. The molecular weight excluding hydrogens is 394 g/mol. The number of nitrogens with one attached hydrogen (secondary N) is 1. The molecule has 0 fully saturated rings. The van der Waals surface area contributed by atoms with Crippen LogP contribution < -0.4 is 18.9 Å². The van der Waals surface area contributed by atoms with Crippen molar-refractivity contribution in [2.24, 2.45) is 0 Å². The Bertz CT molecular complexity index is 946. The summed E-state index contributed by atoms with van der Waals surface area (Å²) in [5.74, 6) is -0.105. The molecule has 0 aliphatic carbocycles. The largest absolute Gasteiger partial charge is 0.492 e. The van der Waals surface area contributed by atoms with Gasteiger partial charge in [-0.15, -0.1) is 0 Å². The van der Waals surface area contributed by atoms with Gasteiger partial charge in [0.2, 0.25) is 16.8 Å². The van der Waals surface area contributed by atoms with Gasteiger partial charge in [0.15, 0.2) is 11.5 Å². The molecule has 3 rings (SSSR count). The number of rotatable bonds is 6. The summed E-state index contributed by atoms with van der Waals surface area (Å²) in [7, 11) is -4.27. The first-order valence-corrected chi connectivity index (χ1v) is 9.04. The Labute approximate surface area is 151 Å². The Morgan fingerprint density at radius 3 is 2.56 bits per heavy atom. The van der Waals surface area contributed by atoms with Crippen molar-refractivity contribution in [3.8, 4) is 17.2 Å². The summed E-state index contributed by atoms with van der Waals surface area (Å²) in [5.41, 5.74) is -1.65. The van der Waals surface area contributed by atoms with E-state index in [1.165, 1.54) is 0 Å². The Hall–Kier alpha value is -2.53. The van der Waals surface area contributed by atoms with Crippen LogP contribution in [-0.2, 0) is 16.2 Å². The van der Waals surface area contributed by atoms with Gasteiger partial charge in [0, 0.05) is 12.6 Å². The maximum Gasteiger partial charge on any atom is 0.419 e. The SMILES string of the molecule is O=S(=O)(NCCOc1ccc2c(c1)OCO2)c1ccc(F)c(C(F)(F)F)c1. The maximum absolute atomic E-state index is 13.3. The van der Waals surface area contributed by atoms with Crippen molar-refractivity contribution >= 4 is 10.0 Å². The van der Waals surface area contributed by atoms with E-state index in [9.17, 15) is 26.0 Å². The van der Waals surface area contributed by atoms with E-state index in [-0.39, 0.29) is 26.0 Å². The number of hydrogen-bond acceptors (Lipinski definition) is 5. The van der Waals surface area contributed by atoms with Gasteiger partial charge in [-0.2, -0.15) is 13.2 Å². The van der Waals surface area contributed by atoms with Crippen molar-refractivity contribution < 1.29 is 40.2 Å². The molecule has 1 heterocycles. The normalized spacial score (nSPS) is 13.6. The molecular formula is C16H13F4NO5S. The smallest absolute Gasteiger partial charge is 0.419 e. The van der Waals surface area contributed by atoms with E-state index in [1.807, 2.05) is 0 Å². The number of halogens is 4. The minimum atomic E-state index is -5.00. The summed E-state index contributed by atoms with van der Waals surface area (Å²) in [5, 5.41) is 0. The third kappa shape index (κ3) is 4.42. The second-order valence-electron chi connectivity index (χ2n) is 5.40. The van der Waals surface area contributed by atoms with E-state index in [0.717, 1.165) is 6.07 Å². The molecule has 0 radical (unpaired) electrons. The highest BCUT2D eigenvalue weighted by Gasteiger charge is 2.35. The fourth-order valence-electron chi connectivity index (χ4n) is 2.28. The molecule has 0 amide bonds. The summed E-state index contributed by atoms with van der Waals surface area (Å²) >= 11 is 0. The molecule has 146 valence electrons. The van der Waals surface area contributed by atoms with Crippen LogP contribution in [0.3, 0.4) is 0 Å². The van der Waals surface area contributed by atoms with E-state index in [1.54, 1.807) is 18.2 Å². The third-order valence-corrected chi connectivity index (χ3v) is 5.02. The lowest BCUT2D eigenvalue weighted by Crippen LogP contribution is -2.28. The molecule has 0 aromatic heterocycles. The number of fused-ring (bicyclic) bond motifs is 1. The molecule has 2 aromatic carbocycles. The Morgan fingerprint density at radius 2 is 1.81 bits per heavy atom. The van der Waals surface area contributed by atoms with Crippen molar-refractivity contribution in [2.45, 2.75) is 11.1 Å². The zero-order valence-corrected chi connectivity index (χ0v) is 14.4. The van der Waals surface area contributed by atoms with Crippen LogP contribution in [-0.4, -0.2) is 28.4 Å². The predicted molar refractivity (Wildman–Crippen MR) is 84.7 cm³/mol. The summed E-state index contributed by atoms with van der Waals surface area (Å²) in [4.78, 5) is -0.695. The van der Waals surface area contributed by atoms with Gasteiger partial charge in [-0.25, -0.2) is 17.5 Å². The number of hydrogen-bond donors (Lipinski definition) is 1. The van der Waals surface area contributed by atoms with Crippen LogP contribution in [0.4, 0.5) is 17.6 Å². The summed E-state index contributed by atoms with van der Waals surface area (Å²) in [6.07, 6.45) is -5.00. The van der Waals surface area contributed by atoms with Crippen molar-refractivity contribution in [1.29, 1.82) is 0 Å². The topological polar surface area (TPSA) is 73.9 Å². The van der Waals surface area contributed by atoms with Crippen LogP contribution in [0.25, 0.3) is 0 Å². The van der Waals surface area contributed by atoms with Crippen LogP contribution in [0.2, 0.25) is 0 Å². The highest BCUT2D eigenvalue weighted by atomic mass is 32.2. The molecule has 0 spiro atoms. The maximum atomic E-state index is 13.3. The fourth-order valence-corrected chi connectivity index (χ4v) is 3.32. The fraction of sp³-hybridized carbons (Fsp3) is 0.250. The van der Waals surface area contributed by atoms with Gasteiger partial charge in [0.1, 0.15) is 18.2 Å². The van der Waals surface area contributed by atoms with Gasteiger partial charge in [-0.3, -0.25) is 0 Å². The third-order valence-electron chi connectivity index (χ3n) is 3.56. The van der Waals surface area contributed by atoms with Gasteiger partial charge in [0.25, 0.3) is 0 Å². The van der Waals surface area contributed by atoms with Crippen molar-refractivity contribution in [1.82, 2.24) is 4.72 Å². The highest BCUT2D eigenvalue weighted by Crippen LogP contribution is 2.35. The van der Waals surface area contributed by atoms with E-state index >= 15 is 0 Å². The first kappa shape index (κ1) is 19.2. The first-order chi connectivity index (χ1) is 12.7. The number of ether oxygens (including phenoxy) is 3. The van der Waals surface area contributed by atoms with E-state index in [0.29, 0.717) is 23.3 Å². The molecule has 0 unspecified atom stereocenters. The van der Waals surface area contributed by atoms with Crippen LogP contribution in [0, 0.1) is 5.82 Å². The van der Waals surface area contributed by atoms with Crippen LogP contribution in [0.15, 0.2) is 41.3 Å². The molecule has 0 saturated carbocycles. The average Bonchev–Trinajstić information content (AvgIpc) is 3.05. The molecule has 0 atom stereocenters. The van der Waals surface area contributed by atoms with Crippen LogP contribution in [0.5, 0.6) is 17.2 Å². The Kier molecular flexibility index (Phi) is 5.16. The Morgan fingerprint density at radius 1 is 1.07 bits per heavy atom. The van der Waals surface area contributed by atoms with Crippen molar-refractivity contribution in [3.05, 3.63) is 47.8 Å². The lowest BCUT2D eigenvalue weighted by Gasteiger charge is -2.12. The quantitative estimate of drug-likeness (QED) is 0.589. The van der Waals surface area contributed by atoms with Gasteiger partial charge in [0.05, 0.1) is 10.5 Å². The zero-order valence-electron chi connectivity index (χ0n) is 13.5. The number of alkyl halides is 3. The molecule has 0 bridgehead atoms. The van der Waals surface area contributed by atoms with Gasteiger partial charge < -0.3 is 14.2 Å². The molecule has 2 aromatic rings.